The Labute approximate surface area is 113 Å². The largest absolute Gasteiger partial charge is 0.394 e. The molecule has 2 fully saturated rings. The summed E-state index contributed by atoms with van der Waals surface area (Å²) in [4.78, 5) is 25.0. The Balaban J connectivity index is 2.13. The molecule has 1 saturated heterocycles. The van der Waals surface area contributed by atoms with Crippen molar-refractivity contribution in [3.05, 3.63) is 33.1 Å². The van der Waals surface area contributed by atoms with Gasteiger partial charge in [0, 0.05) is 17.7 Å². The summed E-state index contributed by atoms with van der Waals surface area (Å²) in [5, 5.41) is 30.6. The molecule has 4 N–H and O–H groups in total. The number of hydrogen-bond donors (Lipinski definition) is 4. The number of aliphatic hydroxyl groups excluding tert-OH is 1. The molecule has 1 aromatic rings. The Morgan fingerprint density at radius 2 is 2.00 bits per heavy atom. The quantitative estimate of drug-likeness (QED) is 0.494. The van der Waals surface area contributed by atoms with E-state index in [4.69, 9.17) is 4.74 Å². The van der Waals surface area contributed by atoms with Gasteiger partial charge in [0.05, 0.1) is 6.61 Å². The van der Waals surface area contributed by atoms with Gasteiger partial charge in [-0.3, -0.25) is 14.3 Å². The van der Waals surface area contributed by atoms with Crippen LogP contribution in [0.15, 0.2) is 21.9 Å². The van der Waals surface area contributed by atoms with Crippen LogP contribution >= 0.6 is 0 Å². The molecular formula is C12H16N2O6. The van der Waals surface area contributed by atoms with Crippen molar-refractivity contribution in [2.24, 2.45) is 5.41 Å². The van der Waals surface area contributed by atoms with Gasteiger partial charge >= 0.3 is 5.69 Å². The number of nitrogens with one attached hydrogen (secondary N) is 1. The third kappa shape index (κ3) is 1.16. The standard InChI is InChI=1S/C12H16N2O6/c1-10(2)11(18)6(5-15)20-8(12(10,11)19)14-4-3-7(16)13-9(14)17/h3-4,6,8,15,18-19H,5H2,1-2H3,(H,13,16,17)/t6-,8-,11+,12-/m1/s1. The zero-order chi connectivity index (χ0) is 14.9. The van der Waals surface area contributed by atoms with Gasteiger partial charge < -0.3 is 20.1 Å². The van der Waals surface area contributed by atoms with E-state index in [0.717, 1.165) is 10.6 Å². The second-order valence-electron chi connectivity index (χ2n) is 5.83. The number of aliphatic hydroxyl groups is 3. The molecule has 1 aromatic heterocycles. The van der Waals surface area contributed by atoms with Crippen LogP contribution in [-0.4, -0.2) is 48.8 Å². The van der Waals surface area contributed by atoms with Crippen LogP contribution in [0.4, 0.5) is 0 Å². The van der Waals surface area contributed by atoms with Gasteiger partial charge in [0.1, 0.15) is 17.3 Å². The highest BCUT2D eigenvalue weighted by atomic mass is 16.6. The molecule has 8 nitrogen and oxygen atoms in total. The second kappa shape index (κ2) is 3.59. The summed E-state index contributed by atoms with van der Waals surface area (Å²) in [7, 11) is 0. The molecule has 1 aliphatic carbocycles. The number of H-pyrrole nitrogens is 1. The predicted molar refractivity (Wildman–Crippen MR) is 66.0 cm³/mol. The number of fused-ring (bicyclic) bond motifs is 1. The molecule has 0 aromatic carbocycles. The highest BCUT2D eigenvalue weighted by molar-refractivity contribution is 5.39. The summed E-state index contributed by atoms with van der Waals surface area (Å²) >= 11 is 0. The zero-order valence-electron chi connectivity index (χ0n) is 11.0. The summed E-state index contributed by atoms with van der Waals surface area (Å²) in [6.45, 7) is 2.76. The van der Waals surface area contributed by atoms with E-state index < -0.39 is 46.8 Å². The van der Waals surface area contributed by atoms with E-state index in [0.29, 0.717) is 0 Å². The first-order chi connectivity index (χ1) is 9.21. The van der Waals surface area contributed by atoms with E-state index >= 15 is 0 Å². The van der Waals surface area contributed by atoms with Crippen molar-refractivity contribution in [2.45, 2.75) is 37.4 Å². The molecule has 1 saturated carbocycles. The molecule has 0 amide bonds. The maximum Gasteiger partial charge on any atom is 0.330 e. The van der Waals surface area contributed by atoms with Crippen LogP contribution in [0.3, 0.4) is 0 Å². The molecular weight excluding hydrogens is 268 g/mol. The molecule has 2 aliphatic rings. The van der Waals surface area contributed by atoms with Crippen molar-refractivity contribution in [3.63, 3.8) is 0 Å². The number of aromatic amines is 1. The zero-order valence-corrected chi connectivity index (χ0v) is 11.0. The average molecular weight is 284 g/mol. The molecule has 0 spiro atoms. The van der Waals surface area contributed by atoms with E-state index in [1.165, 1.54) is 6.20 Å². The van der Waals surface area contributed by atoms with E-state index in [1.807, 2.05) is 0 Å². The van der Waals surface area contributed by atoms with Gasteiger partial charge in [-0.15, -0.1) is 0 Å². The Morgan fingerprint density at radius 1 is 1.35 bits per heavy atom. The lowest BCUT2D eigenvalue weighted by atomic mass is 10.0. The maximum atomic E-state index is 11.8. The average Bonchev–Trinajstić information content (AvgIpc) is 2.63. The monoisotopic (exact) mass is 284 g/mol. The minimum absolute atomic E-state index is 0.489. The first-order valence-corrected chi connectivity index (χ1v) is 6.24. The summed E-state index contributed by atoms with van der Waals surface area (Å²) in [5.41, 5.74) is -5.63. The lowest BCUT2D eigenvalue weighted by Gasteiger charge is -2.26. The Morgan fingerprint density at radius 3 is 2.50 bits per heavy atom. The normalized spacial score (nSPS) is 41.5. The Kier molecular flexibility index (Phi) is 2.42. The topological polar surface area (TPSA) is 125 Å². The minimum atomic E-state index is -1.71. The number of hydrogen-bond acceptors (Lipinski definition) is 6. The van der Waals surface area contributed by atoms with E-state index in [9.17, 15) is 24.9 Å². The molecule has 2 heterocycles. The number of ether oxygens (including phenoxy) is 1. The van der Waals surface area contributed by atoms with E-state index in [2.05, 4.69) is 4.98 Å². The SMILES string of the molecule is CC1(C)[C@]2(O)[C@H](n3ccc(=O)[nH]c3=O)O[C@H](CO)[C@]12O. The van der Waals surface area contributed by atoms with Crippen LogP contribution < -0.4 is 11.2 Å². The predicted octanol–water partition coefficient (Wildman–Crippen LogP) is -2.07. The molecule has 0 unspecified atom stereocenters. The minimum Gasteiger partial charge on any atom is -0.394 e. The van der Waals surface area contributed by atoms with Crippen molar-refractivity contribution in [1.82, 2.24) is 9.55 Å². The molecule has 0 radical (unpaired) electrons. The number of aromatic nitrogens is 2. The Bertz CT molecular complexity index is 679. The van der Waals surface area contributed by atoms with Crippen LogP contribution in [-0.2, 0) is 4.74 Å². The first kappa shape index (κ1) is 13.5. The molecule has 110 valence electrons. The summed E-state index contributed by atoms with van der Waals surface area (Å²) in [5.74, 6) is 0. The van der Waals surface area contributed by atoms with Gasteiger partial charge in [-0.2, -0.15) is 0 Å². The first-order valence-electron chi connectivity index (χ1n) is 6.24. The molecule has 1 aliphatic heterocycles. The third-order valence-corrected chi connectivity index (χ3v) is 4.81. The van der Waals surface area contributed by atoms with Gasteiger partial charge in [-0.1, -0.05) is 13.8 Å². The number of nitrogens with zero attached hydrogens (tertiary/aromatic N) is 1. The van der Waals surface area contributed by atoms with E-state index in [1.54, 1.807) is 13.8 Å². The van der Waals surface area contributed by atoms with Crippen molar-refractivity contribution in [1.29, 1.82) is 0 Å². The van der Waals surface area contributed by atoms with Crippen LogP contribution in [0.1, 0.15) is 20.1 Å². The smallest absolute Gasteiger partial charge is 0.330 e. The highest BCUT2D eigenvalue weighted by Gasteiger charge is 2.92. The second-order valence-corrected chi connectivity index (χ2v) is 5.83. The molecule has 0 bridgehead atoms. The third-order valence-electron chi connectivity index (χ3n) is 4.81. The fourth-order valence-corrected chi connectivity index (χ4v) is 3.45. The molecule has 8 heteroatoms. The van der Waals surface area contributed by atoms with Gasteiger partial charge in [0.25, 0.3) is 5.56 Å². The maximum absolute atomic E-state index is 11.8. The van der Waals surface area contributed by atoms with Gasteiger partial charge in [0.15, 0.2) is 6.23 Å². The molecule has 4 atom stereocenters. The van der Waals surface area contributed by atoms with Crippen LogP contribution in [0, 0.1) is 5.41 Å². The lowest BCUT2D eigenvalue weighted by Crippen LogP contribution is -2.40. The van der Waals surface area contributed by atoms with Crippen LogP contribution in [0.25, 0.3) is 0 Å². The van der Waals surface area contributed by atoms with Crippen molar-refractivity contribution < 1.29 is 20.1 Å². The summed E-state index contributed by atoms with van der Waals surface area (Å²) in [6.07, 6.45) is -0.992. The number of rotatable bonds is 2. The fourth-order valence-electron chi connectivity index (χ4n) is 3.45. The van der Waals surface area contributed by atoms with E-state index in [-0.39, 0.29) is 0 Å². The van der Waals surface area contributed by atoms with Gasteiger partial charge in [-0.05, 0) is 0 Å². The highest BCUT2D eigenvalue weighted by Crippen LogP contribution is 2.75. The van der Waals surface area contributed by atoms with Crippen LogP contribution in [0.5, 0.6) is 0 Å². The summed E-state index contributed by atoms with van der Waals surface area (Å²) < 4.78 is 6.42. The van der Waals surface area contributed by atoms with Gasteiger partial charge in [-0.25, -0.2) is 4.79 Å². The van der Waals surface area contributed by atoms with Crippen molar-refractivity contribution in [2.75, 3.05) is 6.61 Å². The molecule has 20 heavy (non-hydrogen) atoms. The fraction of sp³-hybridized carbons (Fsp3) is 0.667. The lowest BCUT2D eigenvalue weighted by molar-refractivity contribution is -0.126. The van der Waals surface area contributed by atoms with Gasteiger partial charge in [0.2, 0.25) is 0 Å². The van der Waals surface area contributed by atoms with Crippen molar-refractivity contribution in [3.8, 4) is 0 Å². The molecule has 3 rings (SSSR count). The Hall–Kier alpha value is -1.48. The van der Waals surface area contributed by atoms with Crippen molar-refractivity contribution >= 4 is 0 Å². The summed E-state index contributed by atoms with van der Waals surface area (Å²) in [6, 6.07) is 1.12. The van der Waals surface area contributed by atoms with Crippen LogP contribution in [0.2, 0.25) is 0 Å².